The lowest BCUT2D eigenvalue weighted by Crippen LogP contribution is -1.97. The molecule has 2 rings (SSSR count). The van der Waals surface area contributed by atoms with Crippen LogP contribution in [0, 0.1) is 10.1 Å². The molecule has 0 bridgehead atoms. The Hall–Kier alpha value is -1.91. The van der Waals surface area contributed by atoms with Crippen LogP contribution < -0.4 is 5.73 Å². The van der Waals surface area contributed by atoms with Gasteiger partial charge in [-0.3, -0.25) is 10.1 Å². The molecule has 0 heterocycles. The van der Waals surface area contributed by atoms with E-state index in [0.29, 0.717) is 11.6 Å². The summed E-state index contributed by atoms with van der Waals surface area (Å²) in [5.74, 6) is 0. The Labute approximate surface area is 109 Å². The van der Waals surface area contributed by atoms with Crippen molar-refractivity contribution in [1.82, 2.24) is 0 Å². The smallest absolute Gasteiger partial charge is 0.270 e. The summed E-state index contributed by atoms with van der Waals surface area (Å²) in [6, 6.07) is 11.9. The minimum absolute atomic E-state index is 0.0616. The summed E-state index contributed by atoms with van der Waals surface area (Å²) in [6.07, 6.45) is 0. The van der Waals surface area contributed by atoms with Crippen LogP contribution in [0.3, 0.4) is 0 Å². The standard InChI is InChI=1S/C13H11ClN2O2/c14-13-7-10(4-5-11(13)8-15)9-2-1-3-12(6-9)16(17)18/h1-7H,8,15H2. The third kappa shape index (κ3) is 2.50. The van der Waals surface area contributed by atoms with Crippen molar-refractivity contribution in [2.24, 2.45) is 5.73 Å². The van der Waals surface area contributed by atoms with Crippen LogP contribution in [-0.4, -0.2) is 4.92 Å². The lowest BCUT2D eigenvalue weighted by molar-refractivity contribution is -0.384. The second-order valence-electron chi connectivity index (χ2n) is 3.82. The molecular weight excluding hydrogens is 252 g/mol. The normalized spacial score (nSPS) is 10.3. The lowest BCUT2D eigenvalue weighted by Gasteiger charge is -2.05. The van der Waals surface area contributed by atoms with Crippen molar-refractivity contribution in [2.75, 3.05) is 0 Å². The molecule has 5 heteroatoms. The molecule has 0 fully saturated rings. The molecule has 0 saturated carbocycles. The Morgan fingerprint density at radius 1 is 1.17 bits per heavy atom. The van der Waals surface area contributed by atoms with Crippen molar-refractivity contribution in [1.29, 1.82) is 0 Å². The zero-order valence-corrected chi connectivity index (χ0v) is 10.2. The highest BCUT2D eigenvalue weighted by molar-refractivity contribution is 6.31. The average Bonchev–Trinajstić information content (AvgIpc) is 2.38. The number of non-ortho nitro benzene ring substituents is 1. The van der Waals surface area contributed by atoms with E-state index in [1.54, 1.807) is 18.2 Å². The van der Waals surface area contributed by atoms with Crippen LogP contribution in [0.2, 0.25) is 5.02 Å². The number of benzene rings is 2. The maximum absolute atomic E-state index is 10.7. The van der Waals surface area contributed by atoms with Gasteiger partial charge in [0.15, 0.2) is 0 Å². The third-order valence-electron chi connectivity index (χ3n) is 2.66. The van der Waals surface area contributed by atoms with E-state index in [0.717, 1.165) is 16.7 Å². The van der Waals surface area contributed by atoms with Gasteiger partial charge in [0.1, 0.15) is 0 Å². The topological polar surface area (TPSA) is 69.2 Å². The Morgan fingerprint density at radius 2 is 1.89 bits per heavy atom. The van der Waals surface area contributed by atoms with Gasteiger partial charge in [0.25, 0.3) is 5.69 Å². The van der Waals surface area contributed by atoms with Gasteiger partial charge >= 0.3 is 0 Å². The molecule has 2 N–H and O–H groups in total. The van der Waals surface area contributed by atoms with Gasteiger partial charge in [-0.2, -0.15) is 0 Å². The van der Waals surface area contributed by atoms with E-state index in [1.165, 1.54) is 12.1 Å². The van der Waals surface area contributed by atoms with Crippen molar-refractivity contribution in [3.63, 3.8) is 0 Å². The Bertz CT molecular complexity index is 599. The van der Waals surface area contributed by atoms with Crippen molar-refractivity contribution in [2.45, 2.75) is 6.54 Å². The van der Waals surface area contributed by atoms with E-state index in [1.807, 2.05) is 12.1 Å². The minimum atomic E-state index is -0.417. The monoisotopic (exact) mass is 262 g/mol. The second kappa shape index (κ2) is 5.16. The zero-order valence-electron chi connectivity index (χ0n) is 9.47. The number of nitro benzene ring substituents is 1. The molecule has 0 unspecified atom stereocenters. The highest BCUT2D eigenvalue weighted by Crippen LogP contribution is 2.27. The van der Waals surface area contributed by atoms with Crippen LogP contribution in [-0.2, 0) is 6.54 Å². The second-order valence-corrected chi connectivity index (χ2v) is 4.22. The van der Waals surface area contributed by atoms with Crippen LogP contribution in [0.5, 0.6) is 0 Å². The van der Waals surface area contributed by atoms with Crippen molar-refractivity contribution < 1.29 is 4.92 Å². The van der Waals surface area contributed by atoms with Crippen molar-refractivity contribution in [3.05, 3.63) is 63.2 Å². The van der Waals surface area contributed by atoms with E-state index in [2.05, 4.69) is 0 Å². The molecule has 92 valence electrons. The molecule has 0 aliphatic carbocycles. The van der Waals surface area contributed by atoms with E-state index in [-0.39, 0.29) is 5.69 Å². The summed E-state index contributed by atoms with van der Waals surface area (Å²) in [5, 5.41) is 11.3. The molecule has 4 nitrogen and oxygen atoms in total. The quantitative estimate of drug-likeness (QED) is 0.681. The van der Waals surface area contributed by atoms with Gasteiger partial charge in [0.05, 0.1) is 4.92 Å². The van der Waals surface area contributed by atoms with E-state index in [9.17, 15) is 10.1 Å². The molecule has 2 aromatic carbocycles. The summed E-state index contributed by atoms with van der Waals surface area (Å²) in [4.78, 5) is 10.3. The fraction of sp³-hybridized carbons (Fsp3) is 0.0769. The Kier molecular flexibility index (Phi) is 3.60. The number of nitro groups is 1. The number of nitrogens with zero attached hydrogens (tertiary/aromatic N) is 1. The molecule has 0 saturated heterocycles. The number of hydrogen-bond donors (Lipinski definition) is 1. The van der Waals surface area contributed by atoms with E-state index >= 15 is 0 Å². The largest absolute Gasteiger partial charge is 0.326 e. The molecule has 0 spiro atoms. The summed E-state index contributed by atoms with van der Waals surface area (Å²) in [6.45, 7) is 0.369. The first-order valence-electron chi connectivity index (χ1n) is 5.35. The summed E-state index contributed by atoms with van der Waals surface area (Å²) < 4.78 is 0. The SMILES string of the molecule is NCc1ccc(-c2cccc([N+](=O)[O-])c2)cc1Cl. The predicted molar refractivity (Wildman–Crippen MR) is 71.4 cm³/mol. The summed E-state index contributed by atoms with van der Waals surface area (Å²) in [7, 11) is 0. The molecule has 18 heavy (non-hydrogen) atoms. The lowest BCUT2D eigenvalue weighted by atomic mass is 10.0. The number of nitrogens with two attached hydrogens (primary N) is 1. The molecular formula is C13H11ClN2O2. The van der Waals surface area contributed by atoms with Crippen molar-refractivity contribution in [3.8, 4) is 11.1 Å². The third-order valence-corrected chi connectivity index (χ3v) is 3.02. The van der Waals surface area contributed by atoms with Gasteiger partial charge < -0.3 is 5.73 Å². The highest BCUT2D eigenvalue weighted by atomic mass is 35.5. The van der Waals surface area contributed by atoms with Gasteiger partial charge in [0, 0.05) is 23.7 Å². The van der Waals surface area contributed by atoms with E-state index < -0.39 is 4.92 Å². The maximum atomic E-state index is 10.7. The zero-order chi connectivity index (χ0) is 13.1. The number of rotatable bonds is 3. The molecule has 0 aromatic heterocycles. The minimum Gasteiger partial charge on any atom is -0.326 e. The Balaban J connectivity index is 2.45. The first kappa shape index (κ1) is 12.5. The van der Waals surface area contributed by atoms with Gasteiger partial charge in [0.2, 0.25) is 0 Å². The molecule has 0 radical (unpaired) electrons. The van der Waals surface area contributed by atoms with Gasteiger partial charge in [-0.1, -0.05) is 35.9 Å². The Morgan fingerprint density at radius 3 is 2.50 bits per heavy atom. The fourth-order valence-electron chi connectivity index (χ4n) is 1.69. The first-order chi connectivity index (χ1) is 8.61. The van der Waals surface area contributed by atoms with Gasteiger partial charge in [-0.25, -0.2) is 0 Å². The van der Waals surface area contributed by atoms with Crippen LogP contribution >= 0.6 is 11.6 Å². The fourth-order valence-corrected chi connectivity index (χ4v) is 1.95. The van der Waals surface area contributed by atoms with Crippen LogP contribution in [0.4, 0.5) is 5.69 Å². The van der Waals surface area contributed by atoms with Gasteiger partial charge in [-0.05, 0) is 22.8 Å². The molecule has 2 aromatic rings. The number of halogens is 1. The van der Waals surface area contributed by atoms with Crippen LogP contribution in [0.25, 0.3) is 11.1 Å². The van der Waals surface area contributed by atoms with Crippen LogP contribution in [0.1, 0.15) is 5.56 Å². The number of hydrogen-bond acceptors (Lipinski definition) is 3. The average molecular weight is 263 g/mol. The molecule has 0 atom stereocenters. The molecule has 0 amide bonds. The summed E-state index contributed by atoms with van der Waals surface area (Å²) >= 11 is 6.07. The van der Waals surface area contributed by atoms with Crippen molar-refractivity contribution >= 4 is 17.3 Å². The maximum Gasteiger partial charge on any atom is 0.270 e. The van der Waals surface area contributed by atoms with Crippen LogP contribution in [0.15, 0.2) is 42.5 Å². The van der Waals surface area contributed by atoms with E-state index in [4.69, 9.17) is 17.3 Å². The van der Waals surface area contributed by atoms with Gasteiger partial charge in [-0.15, -0.1) is 0 Å². The summed E-state index contributed by atoms with van der Waals surface area (Å²) in [5.41, 5.74) is 8.04. The first-order valence-corrected chi connectivity index (χ1v) is 5.73. The molecule has 0 aliphatic rings. The molecule has 0 aliphatic heterocycles. The predicted octanol–water partition coefficient (Wildman–Crippen LogP) is 3.37. The highest BCUT2D eigenvalue weighted by Gasteiger charge is 2.08.